The highest BCUT2D eigenvalue weighted by atomic mass is 35.5. The molecule has 1 aliphatic heterocycles. The molecule has 1 fully saturated rings. The lowest BCUT2D eigenvalue weighted by Gasteiger charge is -2.32. The second kappa shape index (κ2) is 8.41. The van der Waals surface area contributed by atoms with Crippen molar-refractivity contribution in [3.8, 4) is 0 Å². The molecule has 0 aromatic heterocycles. The molecular formula is C22H22ClPS. The van der Waals surface area contributed by atoms with Gasteiger partial charge in [0.2, 0.25) is 0 Å². The average molecular weight is 385 g/mol. The second-order valence-corrected chi connectivity index (χ2v) is 11.5. The second-order valence-electron chi connectivity index (χ2n) is 6.20. The van der Waals surface area contributed by atoms with E-state index in [-0.39, 0.29) is 12.4 Å². The highest BCUT2D eigenvalue weighted by molar-refractivity contribution is 8.14. The van der Waals surface area contributed by atoms with Crippen molar-refractivity contribution in [1.29, 1.82) is 0 Å². The topological polar surface area (TPSA) is 0 Å². The molecule has 0 bridgehead atoms. The summed E-state index contributed by atoms with van der Waals surface area (Å²) in [5.74, 6) is 1.29. The molecule has 0 amide bonds. The van der Waals surface area contributed by atoms with Gasteiger partial charge in [-0.1, -0.05) is 54.6 Å². The SMILES string of the molecule is [Cl-].c1ccc([P+](c2ccccc2)(c2ccccc2)C2CCCS2)cc1. The molecule has 25 heavy (non-hydrogen) atoms. The van der Waals surface area contributed by atoms with E-state index in [4.69, 9.17) is 0 Å². The van der Waals surface area contributed by atoms with Gasteiger partial charge in [0, 0.05) is 0 Å². The molecule has 128 valence electrons. The highest BCUT2D eigenvalue weighted by Gasteiger charge is 2.53. The highest BCUT2D eigenvalue weighted by Crippen LogP contribution is 2.65. The zero-order valence-corrected chi connectivity index (χ0v) is 16.6. The van der Waals surface area contributed by atoms with Crippen LogP contribution in [0.15, 0.2) is 91.0 Å². The number of thioether (sulfide) groups is 1. The van der Waals surface area contributed by atoms with Gasteiger partial charge >= 0.3 is 0 Å². The molecule has 4 rings (SSSR count). The minimum atomic E-state index is -1.64. The summed E-state index contributed by atoms with van der Waals surface area (Å²) in [5, 5.41) is 4.55. The van der Waals surface area contributed by atoms with E-state index in [0.29, 0.717) is 4.99 Å². The Kier molecular flexibility index (Phi) is 6.23. The van der Waals surface area contributed by atoms with Gasteiger partial charge in [0.05, 0.1) is 0 Å². The van der Waals surface area contributed by atoms with Crippen molar-refractivity contribution >= 4 is 34.9 Å². The fourth-order valence-corrected chi connectivity index (χ4v) is 11.4. The average Bonchev–Trinajstić information content (AvgIpc) is 3.20. The van der Waals surface area contributed by atoms with Crippen molar-refractivity contribution < 1.29 is 12.4 Å². The van der Waals surface area contributed by atoms with Crippen LogP contribution < -0.4 is 28.3 Å². The van der Waals surface area contributed by atoms with E-state index in [1.54, 1.807) is 0 Å². The van der Waals surface area contributed by atoms with Crippen molar-refractivity contribution in [2.45, 2.75) is 17.8 Å². The van der Waals surface area contributed by atoms with Crippen molar-refractivity contribution in [2.75, 3.05) is 5.75 Å². The van der Waals surface area contributed by atoms with Crippen molar-refractivity contribution in [2.24, 2.45) is 0 Å². The third-order valence-corrected chi connectivity index (χ3v) is 11.8. The predicted octanol–water partition coefficient (Wildman–Crippen LogP) is 1.84. The van der Waals surface area contributed by atoms with Crippen LogP contribution >= 0.6 is 19.0 Å². The molecule has 0 saturated carbocycles. The van der Waals surface area contributed by atoms with Crippen molar-refractivity contribution in [1.82, 2.24) is 0 Å². The quantitative estimate of drug-likeness (QED) is 0.618. The number of benzene rings is 3. The summed E-state index contributed by atoms with van der Waals surface area (Å²) < 4.78 is 0. The minimum absolute atomic E-state index is 0. The molecule has 1 aliphatic rings. The molecule has 3 aromatic rings. The van der Waals surface area contributed by atoms with Gasteiger partial charge in [0.15, 0.2) is 0 Å². The monoisotopic (exact) mass is 384 g/mol. The third kappa shape index (κ3) is 3.38. The van der Waals surface area contributed by atoms with E-state index < -0.39 is 7.26 Å². The first-order valence-electron chi connectivity index (χ1n) is 8.59. The fourth-order valence-electron chi connectivity index (χ4n) is 3.80. The Morgan fingerprint density at radius 2 is 1.04 bits per heavy atom. The van der Waals surface area contributed by atoms with Gasteiger partial charge in [-0.2, -0.15) is 0 Å². The lowest BCUT2D eigenvalue weighted by Crippen LogP contribution is -3.00. The molecule has 1 atom stereocenters. The first-order valence-corrected chi connectivity index (χ1v) is 11.5. The number of rotatable bonds is 4. The standard InChI is InChI=1S/C22H22PS.ClH/c1-4-11-19(12-5-1)23(22-17-10-18-24-22,20-13-6-2-7-14-20)21-15-8-3-9-16-21;/h1-9,11-16,22H,10,17-18H2;1H/q+1;/p-1. The van der Waals surface area contributed by atoms with Crippen LogP contribution in [0.4, 0.5) is 0 Å². The first kappa shape index (κ1) is 18.5. The molecule has 0 N–H and O–H groups in total. The van der Waals surface area contributed by atoms with E-state index in [1.165, 1.54) is 34.5 Å². The van der Waals surface area contributed by atoms with Crippen molar-refractivity contribution in [3.05, 3.63) is 91.0 Å². The molecular weight excluding hydrogens is 363 g/mol. The van der Waals surface area contributed by atoms with Crippen LogP contribution in [0, 0.1) is 0 Å². The van der Waals surface area contributed by atoms with E-state index in [9.17, 15) is 0 Å². The van der Waals surface area contributed by atoms with Gasteiger partial charge in [-0.05, 0) is 55.0 Å². The van der Waals surface area contributed by atoms with Crippen LogP contribution in [-0.4, -0.2) is 10.7 Å². The van der Waals surface area contributed by atoms with Crippen LogP contribution in [0.3, 0.4) is 0 Å². The molecule has 0 spiro atoms. The summed E-state index contributed by atoms with van der Waals surface area (Å²) in [7, 11) is -1.64. The van der Waals surface area contributed by atoms with Gasteiger partial charge in [-0.15, -0.1) is 11.8 Å². The van der Waals surface area contributed by atoms with Crippen molar-refractivity contribution in [3.63, 3.8) is 0 Å². The largest absolute Gasteiger partial charge is 1.00 e. The number of halogens is 1. The van der Waals surface area contributed by atoms with Crippen LogP contribution in [0.5, 0.6) is 0 Å². The summed E-state index contributed by atoms with van der Waals surface area (Å²) in [4.78, 5) is 0.685. The maximum absolute atomic E-state index is 2.35. The molecule has 1 unspecified atom stereocenters. The Bertz CT molecular complexity index is 674. The van der Waals surface area contributed by atoms with Gasteiger partial charge in [0.25, 0.3) is 0 Å². The summed E-state index contributed by atoms with van der Waals surface area (Å²) >= 11 is 2.18. The zero-order chi connectivity index (χ0) is 16.2. The summed E-state index contributed by atoms with van der Waals surface area (Å²) in [5.41, 5.74) is 0. The third-order valence-electron chi connectivity index (χ3n) is 4.83. The Morgan fingerprint density at radius 1 is 0.640 bits per heavy atom. The van der Waals surface area contributed by atoms with E-state index in [0.717, 1.165) is 0 Å². The van der Waals surface area contributed by atoms with Gasteiger partial charge in [0.1, 0.15) is 28.2 Å². The molecule has 1 heterocycles. The summed E-state index contributed by atoms with van der Waals surface area (Å²) in [6.07, 6.45) is 2.65. The maximum atomic E-state index is 2.35. The molecule has 1 saturated heterocycles. The van der Waals surface area contributed by atoms with E-state index in [2.05, 4.69) is 103 Å². The molecule has 3 heteroatoms. The Balaban J connectivity index is 0.00000182. The van der Waals surface area contributed by atoms with Crippen LogP contribution in [0.25, 0.3) is 0 Å². The number of hydrogen-bond acceptors (Lipinski definition) is 1. The zero-order valence-electron chi connectivity index (χ0n) is 14.1. The van der Waals surface area contributed by atoms with E-state index in [1.807, 2.05) is 0 Å². The molecule has 3 aromatic carbocycles. The van der Waals surface area contributed by atoms with Gasteiger partial charge in [-0.3, -0.25) is 0 Å². The summed E-state index contributed by atoms with van der Waals surface area (Å²) in [6, 6.07) is 33.8. The van der Waals surface area contributed by atoms with Crippen LogP contribution in [0.2, 0.25) is 0 Å². The van der Waals surface area contributed by atoms with Crippen LogP contribution in [0.1, 0.15) is 12.8 Å². The lowest BCUT2D eigenvalue weighted by atomic mass is 10.3. The van der Waals surface area contributed by atoms with E-state index >= 15 is 0 Å². The lowest BCUT2D eigenvalue weighted by molar-refractivity contribution is -0.00000455. The molecule has 0 aliphatic carbocycles. The Hall–Kier alpha value is -1.27. The predicted molar refractivity (Wildman–Crippen MR) is 111 cm³/mol. The summed E-state index contributed by atoms with van der Waals surface area (Å²) in [6.45, 7) is 0. The first-order chi connectivity index (χ1) is 11.9. The number of hydrogen-bond donors (Lipinski definition) is 0. The van der Waals surface area contributed by atoms with Gasteiger partial charge in [-0.25, -0.2) is 0 Å². The maximum Gasteiger partial charge on any atom is 0.129 e. The fraction of sp³-hybridized carbons (Fsp3) is 0.182. The minimum Gasteiger partial charge on any atom is -1.00 e. The Morgan fingerprint density at radius 3 is 1.36 bits per heavy atom. The van der Waals surface area contributed by atoms with Gasteiger partial charge < -0.3 is 12.4 Å². The normalized spacial score (nSPS) is 17.0. The Labute approximate surface area is 161 Å². The van der Waals surface area contributed by atoms with Crippen LogP contribution in [-0.2, 0) is 0 Å². The molecule has 0 nitrogen and oxygen atoms in total. The molecule has 0 radical (unpaired) electrons. The smallest absolute Gasteiger partial charge is 0.129 e.